The smallest absolute Gasteiger partial charge is 0.293 e. The minimum absolute atomic E-state index is 0.0454. The van der Waals surface area contributed by atoms with Gasteiger partial charge in [0.2, 0.25) is 0 Å². The van der Waals surface area contributed by atoms with E-state index >= 15 is 0 Å². The van der Waals surface area contributed by atoms with Gasteiger partial charge < -0.3 is 5.32 Å². The Kier molecular flexibility index (Phi) is 4.18. The van der Waals surface area contributed by atoms with Crippen molar-refractivity contribution in [2.24, 2.45) is 0 Å². The van der Waals surface area contributed by atoms with Crippen molar-refractivity contribution in [2.75, 3.05) is 5.32 Å². The quantitative estimate of drug-likeness (QED) is 0.446. The number of nitro benzene ring substituents is 1. The highest BCUT2D eigenvalue weighted by atomic mass is 127. The SMILES string of the molecule is O=[N+]([O-])c1cc(Br)ccc1Nc1ccccc1I. The predicted octanol–water partition coefficient (Wildman–Crippen LogP) is 4.71. The average molecular weight is 419 g/mol. The van der Waals surface area contributed by atoms with Crippen LogP contribution in [0.15, 0.2) is 46.9 Å². The van der Waals surface area contributed by atoms with E-state index in [0.717, 1.165) is 9.26 Å². The second kappa shape index (κ2) is 5.66. The minimum atomic E-state index is -0.400. The molecule has 0 aliphatic carbocycles. The highest BCUT2D eigenvalue weighted by molar-refractivity contribution is 14.1. The summed E-state index contributed by atoms with van der Waals surface area (Å²) in [4.78, 5) is 10.6. The van der Waals surface area contributed by atoms with Gasteiger partial charge in [-0.1, -0.05) is 28.1 Å². The highest BCUT2D eigenvalue weighted by Crippen LogP contribution is 2.31. The van der Waals surface area contributed by atoms with Crippen molar-refractivity contribution in [1.82, 2.24) is 0 Å². The van der Waals surface area contributed by atoms with Crippen LogP contribution in [0.4, 0.5) is 17.1 Å². The first-order valence-electron chi connectivity index (χ1n) is 5.03. The molecule has 2 aromatic rings. The lowest BCUT2D eigenvalue weighted by Gasteiger charge is -2.09. The Bertz CT molecular complexity index is 604. The average Bonchev–Trinajstić information content (AvgIpc) is 2.34. The summed E-state index contributed by atoms with van der Waals surface area (Å²) in [7, 11) is 0. The summed E-state index contributed by atoms with van der Waals surface area (Å²) in [6.07, 6.45) is 0. The first-order valence-corrected chi connectivity index (χ1v) is 6.90. The summed E-state index contributed by atoms with van der Waals surface area (Å²) < 4.78 is 1.69. The molecule has 18 heavy (non-hydrogen) atoms. The fraction of sp³-hybridized carbons (Fsp3) is 0. The molecule has 0 radical (unpaired) electrons. The zero-order chi connectivity index (χ0) is 13.1. The van der Waals surface area contributed by atoms with E-state index in [0.29, 0.717) is 10.2 Å². The van der Waals surface area contributed by atoms with Gasteiger partial charge in [-0.25, -0.2) is 0 Å². The van der Waals surface area contributed by atoms with Gasteiger partial charge in [0, 0.05) is 14.1 Å². The molecule has 0 spiro atoms. The van der Waals surface area contributed by atoms with Gasteiger partial charge in [-0.05, 0) is 46.9 Å². The molecular weight excluding hydrogens is 411 g/mol. The summed E-state index contributed by atoms with van der Waals surface area (Å²) in [5.74, 6) is 0. The van der Waals surface area contributed by atoms with E-state index in [2.05, 4.69) is 43.8 Å². The fourth-order valence-electron chi connectivity index (χ4n) is 1.47. The lowest BCUT2D eigenvalue weighted by atomic mass is 10.2. The van der Waals surface area contributed by atoms with E-state index in [1.54, 1.807) is 12.1 Å². The zero-order valence-electron chi connectivity index (χ0n) is 9.06. The molecule has 0 bridgehead atoms. The van der Waals surface area contributed by atoms with Crippen molar-refractivity contribution in [1.29, 1.82) is 0 Å². The molecule has 6 heteroatoms. The lowest BCUT2D eigenvalue weighted by Crippen LogP contribution is -1.98. The third-order valence-corrected chi connectivity index (χ3v) is 3.73. The third-order valence-electron chi connectivity index (χ3n) is 2.30. The Hall–Kier alpha value is -1.15. The van der Waals surface area contributed by atoms with Crippen LogP contribution in [0, 0.1) is 13.7 Å². The molecule has 0 unspecified atom stereocenters. The van der Waals surface area contributed by atoms with Crippen LogP contribution in [-0.2, 0) is 0 Å². The number of hydrogen-bond donors (Lipinski definition) is 1. The number of anilines is 2. The zero-order valence-corrected chi connectivity index (χ0v) is 12.8. The van der Waals surface area contributed by atoms with E-state index in [4.69, 9.17) is 0 Å². The van der Waals surface area contributed by atoms with Crippen LogP contribution in [-0.4, -0.2) is 4.92 Å². The third kappa shape index (κ3) is 2.99. The Morgan fingerprint density at radius 2 is 1.89 bits per heavy atom. The fourth-order valence-corrected chi connectivity index (χ4v) is 2.34. The normalized spacial score (nSPS) is 10.1. The first-order chi connectivity index (χ1) is 8.58. The second-order valence-corrected chi connectivity index (χ2v) is 5.60. The van der Waals surface area contributed by atoms with E-state index in [-0.39, 0.29) is 5.69 Å². The maximum atomic E-state index is 11.0. The predicted molar refractivity (Wildman–Crippen MR) is 83.2 cm³/mol. The number of rotatable bonds is 3. The van der Waals surface area contributed by atoms with Gasteiger partial charge in [0.05, 0.1) is 10.6 Å². The Labute approximate surface area is 126 Å². The number of nitro groups is 1. The Balaban J connectivity index is 2.41. The Morgan fingerprint density at radius 3 is 2.56 bits per heavy atom. The summed E-state index contributed by atoms with van der Waals surface area (Å²) in [5, 5.41) is 14.1. The number of halogens is 2. The molecule has 0 atom stereocenters. The first kappa shape index (κ1) is 13.3. The van der Waals surface area contributed by atoms with Crippen molar-refractivity contribution >= 4 is 55.6 Å². The molecular formula is C12H8BrIN2O2. The molecule has 0 saturated carbocycles. The minimum Gasteiger partial charge on any atom is -0.349 e. The van der Waals surface area contributed by atoms with Gasteiger partial charge in [-0.3, -0.25) is 10.1 Å². The van der Waals surface area contributed by atoms with Gasteiger partial charge in [0.1, 0.15) is 5.69 Å². The van der Waals surface area contributed by atoms with Crippen LogP contribution >= 0.6 is 38.5 Å². The topological polar surface area (TPSA) is 55.2 Å². The molecule has 0 saturated heterocycles. The molecule has 0 fully saturated rings. The van der Waals surface area contributed by atoms with Crippen LogP contribution in [0.5, 0.6) is 0 Å². The molecule has 0 heterocycles. The monoisotopic (exact) mass is 418 g/mol. The number of nitrogens with one attached hydrogen (secondary N) is 1. The number of nitrogens with zero attached hydrogens (tertiary/aromatic N) is 1. The molecule has 4 nitrogen and oxygen atoms in total. The highest BCUT2D eigenvalue weighted by Gasteiger charge is 2.14. The van der Waals surface area contributed by atoms with Crippen molar-refractivity contribution in [2.45, 2.75) is 0 Å². The van der Waals surface area contributed by atoms with E-state index in [9.17, 15) is 10.1 Å². The van der Waals surface area contributed by atoms with Crippen molar-refractivity contribution in [3.05, 3.63) is 60.6 Å². The maximum Gasteiger partial charge on any atom is 0.293 e. The maximum absolute atomic E-state index is 11.0. The van der Waals surface area contributed by atoms with Gasteiger partial charge in [-0.2, -0.15) is 0 Å². The van der Waals surface area contributed by atoms with Crippen molar-refractivity contribution < 1.29 is 4.92 Å². The lowest BCUT2D eigenvalue weighted by molar-refractivity contribution is -0.384. The standard InChI is InChI=1S/C12H8BrIN2O2/c13-8-5-6-11(12(7-8)16(17)18)15-10-4-2-1-3-9(10)14/h1-7,15H. The molecule has 2 aromatic carbocycles. The summed E-state index contributed by atoms with van der Waals surface area (Å²) in [6, 6.07) is 12.6. The summed E-state index contributed by atoms with van der Waals surface area (Å²) in [5.41, 5.74) is 1.37. The largest absolute Gasteiger partial charge is 0.349 e. The Morgan fingerprint density at radius 1 is 1.17 bits per heavy atom. The molecule has 92 valence electrons. The molecule has 0 amide bonds. The molecule has 1 N–H and O–H groups in total. The van der Waals surface area contributed by atoms with Crippen LogP contribution in [0.25, 0.3) is 0 Å². The van der Waals surface area contributed by atoms with Crippen LogP contribution in [0.3, 0.4) is 0 Å². The second-order valence-electron chi connectivity index (χ2n) is 3.52. The van der Waals surface area contributed by atoms with Crippen LogP contribution < -0.4 is 5.32 Å². The van der Waals surface area contributed by atoms with Gasteiger partial charge >= 0.3 is 0 Å². The van der Waals surface area contributed by atoms with Crippen molar-refractivity contribution in [3.63, 3.8) is 0 Å². The van der Waals surface area contributed by atoms with Gasteiger partial charge in [-0.15, -0.1) is 0 Å². The van der Waals surface area contributed by atoms with E-state index in [1.165, 1.54) is 6.07 Å². The van der Waals surface area contributed by atoms with Gasteiger partial charge in [0.25, 0.3) is 5.69 Å². The molecule has 2 rings (SSSR count). The van der Waals surface area contributed by atoms with Gasteiger partial charge in [0.15, 0.2) is 0 Å². The van der Waals surface area contributed by atoms with E-state index in [1.807, 2.05) is 24.3 Å². The molecule has 0 aromatic heterocycles. The molecule has 0 aliphatic rings. The number of benzene rings is 2. The number of para-hydroxylation sites is 1. The number of hydrogen-bond acceptors (Lipinski definition) is 3. The summed E-state index contributed by atoms with van der Waals surface area (Å²) in [6.45, 7) is 0. The summed E-state index contributed by atoms with van der Waals surface area (Å²) >= 11 is 5.41. The van der Waals surface area contributed by atoms with Crippen LogP contribution in [0.1, 0.15) is 0 Å². The molecule has 0 aliphatic heterocycles. The van der Waals surface area contributed by atoms with Crippen LogP contribution in [0.2, 0.25) is 0 Å². The van der Waals surface area contributed by atoms with E-state index < -0.39 is 4.92 Å². The van der Waals surface area contributed by atoms with Crippen molar-refractivity contribution in [3.8, 4) is 0 Å².